The average Bonchev–Trinajstić information content (AvgIpc) is 2.79. The smallest absolute Gasteiger partial charge is 0.0223 e. The van der Waals surface area contributed by atoms with Gasteiger partial charge in [0, 0.05) is 25.7 Å². The zero-order valence-electron chi connectivity index (χ0n) is 12.2. The topological polar surface area (TPSA) is 18.5 Å². The molecule has 1 unspecified atom stereocenters. The fourth-order valence-corrected chi connectivity index (χ4v) is 2.80. The van der Waals surface area contributed by atoms with Crippen LogP contribution in [0.3, 0.4) is 0 Å². The number of nitrogens with one attached hydrogen (secondary N) is 1. The highest BCUT2D eigenvalue weighted by atomic mass is 15.2. The fourth-order valence-electron chi connectivity index (χ4n) is 2.80. The summed E-state index contributed by atoms with van der Waals surface area (Å²) in [6.07, 6.45) is 5.74. The number of rotatable bonds is 8. The summed E-state index contributed by atoms with van der Waals surface area (Å²) in [5.74, 6) is 0.914. The van der Waals surface area contributed by atoms with Gasteiger partial charge in [0.05, 0.1) is 0 Å². The lowest BCUT2D eigenvalue weighted by molar-refractivity contribution is 0.224. The van der Waals surface area contributed by atoms with Gasteiger partial charge in [-0.15, -0.1) is 0 Å². The first-order valence-electron chi connectivity index (χ1n) is 7.20. The summed E-state index contributed by atoms with van der Waals surface area (Å²) in [5.41, 5.74) is 0. The van der Waals surface area contributed by atoms with Crippen LogP contribution in [0, 0.1) is 5.92 Å². The molecule has 1 aliphatic rings. The Balaban J connectivity index is 2.31. The molecule has 3 nitrogen and oxygen atoms in total. The van der Waals surface area contributed by atoms with Gasteiger partial charge in [0.15, 0.2) is 0 Å². The predicted molar refractivity (Wildman–Crippen MR) is 75.5 cm³/mol. The van der Waals surface area contributed by atoms with Crippen LogP contribution in [0.15, 0.2) is 0 Å². The molecule has 17 heavy (non-hydrogen) atoms. The Bertz CT molecular complexity index is 188. The number of nitrogens with zero attached hydrogens (tertiary/aromatic N) is 2. The minimum absolute atomic E-state index is 0.703. The van der Waals surface area contributed by atoms with Crippen molar-refractivity contribution in [2.45, 2.75) is 38.6 Å². The molecule has 0 saturated heterocycles. The Morgan fingerprint density at radius 2 is 1.76 bits per heavy atom. The highest BCUT2D eigenvalue weighted by Gasteiger charge is 2.24. The Morgan fingerprint density at radius 3 is 2.29 bits per heavy atom. The van der Waals surface area contributed by atoms with Gasteiger partial charge in [-0.2, -0.15) is 0 Å². The first-order valence-corrected chi connectivity index (χ1v) is 7.20. The number of hydrogen-bond donors (Lipinski definition) is 1. The molecule has 1 atom stereocenters. The van der Waals surface area contributed by atoms with Gasteiger partial charge in [-0.1, -0.05) is 19.8 Å². The molecule has 0 aromatic carbocycles. The van der Waals surface area contributed by atoms with Crippen LogP contribution in [-0.2, 0) is 0 Å². The maximum absolute atomic E-state index is 3.69. The first-order chi connectivity index (χ1) is 8.13. The van der Waals surface area contributed by atoms with Gasteiger partial charge >= 0.3 is 0 Å². The van der Waals surface area contributed by atoms with Crippen LogP contribution >= 0.6 is 0 Å². The summed E-state index contributed by atoms with van der Waals surface area (Å²) >= 11 is 0. The van der Waals surface area contributed by atoms with E-state index in [1.54, 1.807) is 0 Å². The van der Waals surface area contributed by atoms with Crippen molar-refractivity contribution in [3.63, 3.8) is 0 Å². The summed E-state index contributed by atoms with van der Waals surface area (Å²) in [6.45, 7) is 6.85. The van der Waals surface area contributed by atoms with Crippen LogP contribution in [0.4, 0.5) is 0 Å². The molecule has 0 bridgehead atoms. The average molecular weight is 241 g/mol. The Morgan fingerprint density at radius 1 is 1.12 bits per heavy atom. The van der Waals surface area contributed by atoms with Gasteiger partial charge in [0.25, 0.3) is 0 Å². The lowest BCUT2D eigenvalue weighted by Gasteiger charge is -2.29. The molecule has 102 valence electrons. The van der Waals surface area contributed by atoms with Crippen LogP contribution in [0.2, 0.25) is 0 Å². The minimum Gasteiger partial charge on any atom is -0.313 e. The summed E-state index contributed by atoms with van der Waals surface area (Å²) in [6, 6.07) is 0.703. The van der Waals surface area contributed by atoms with Crippen molar-refractivity contribution in [1.82, 2.24) is 15.1 Å². The zero-order valence-corrected chi connectivity index (χ0v) is 12.2. The van der Waals surface area contributed by atoms with Gasteiger partial charge in [0.1, 0.15) is 0 Å². The Kier molecular flexibility index (Phi) is 7.09. The molecule has 0 radical (unpaired) electrons. The summed E-state index contributed by atoms with van der Waals surface area (Å²) < 4.78 is 0. The van der Waals surface area contributed by atoms with E-state index in [0.717, 1.165) is 19.0 Å². The molecule has 0 aliphatic heterocycles. The van der Waals surface area contributed by atoms with Crippen LogP contribution in [0.1, 0.15) is 32.6 Å². The van der Waals surface area contributed by atoms with Crippen molar-refractivity contribution in [3.05, 3.63) is 0 Å². The van der Waals surface area contributed by atoms with E-state index in [9.17, 15) is 0 Å². The van der Waals surface area contributed by atoms with Crippen LogP contribution in [0.25, 0.3) is 0 Å². The highest BCUT2D eigenvalue weighted by molar-refractivity contribution is 4.82. The first kappa shape index (κ1) is 14.9. The van der Waals surface area contributed by atoms with E-state index in [0.29, 0.717) is 6.04 Å². The van der Waals surface area contributed by atoms with Crippen molar-refractivity contribution in [2.75, 3.05) is 47.3 Å². The van der Waals surface area contributed by atoms with Gasteiger partial charge in [-0.25, -0.2) is 0 Å². The van der Waals surface area contributed by atoms with Crippen molar-refractivity contribution < 1.29 is 0 Å². The number of hydrogen-bond acceptors (Lipinski definition) is 3. The molecular formula is C14H31N3. The van der Waals surface area contributed by atoms with E-state index < -0.39 is 0 Å². The van der Waals surface area contributed by atoms with E-state index in [2.05, 4.69) is 43.2 Å². The third-order valence-electron chi connectivity index (χ3n) is 3.87. The maximum Gasteiger partial charge on any atom is 0.0223 e. The molecule has 0 heterocycles. The second kappa shape index (κ2) is 8.06. The van der Waals surface area contributed by atoms with Crippen molar-refractivity contribution in [3.8, 4) is 0 Å². The quantitative estimate of drug-likeness (QED) is 0.697. The number of likely N-dealkylation sites (N-methyl/N-ethyl adjacent to an activating group) is 3. The molecular weight excluding hydrogens is 210 g/mol. The normalized spacial score (nSPS) is 19.4. The van der Waals surface area contributed by atoms with E-state index in [1.165, 1.54) is 38.8 Å². The molecule has 3 heteroatoms. The molecule has 1 saturated carbocycles. The Hall–Kier alpha value is -0.120. The molecule has 0 aromatic heterocycles. The second-order valence-corrected chi connectivity index (χ2v) is 5.77. The standard InChI is InChI=1S/C14H31N3/c1-5-15-14(13-8-6-7-9-13)12-17(4)11-10-16(2)3/h13-15H,5-12H2,1-4H3. The monoisotopic (exact) mass is 241 g/mol. The maximum atomic E-state index is 3.69. The van der Waals surface area contributed by atoms with Crippen molar-refractivity contribution in [2.24, 2.45) is 5.92 Å². The molecule has 0 spiro atoms. The molecule has 1 rings (SSSR count). The van der Waals surface area contributed by atoms with Gasteiger partial charge in [-0.05, 0) is 46.4 Å². The van der Waals surface area contributed by atoms with E-state index >= 15 is 0 Å². The van der Waals surface area contributed by atoms with Crippen molar-refractivity contribution in [1.29, 1.82) is 0 Å². The predicted octanol–water partition coefficient (Wildman–Crippen LogP) is 1.65. The van der Waals surface area contributed by atoms with Crippen molar-refractivity contribution >= 4 is 0 Å². The van der Waals surface area contributed by atoms with Gasteiger partial charge in [-0.3, -0.25) is 0 Å². The highest BCUT2D eigenvalue weighted by Crippen LogP contribution is 2.27. The third kappa shape index (κ3) is 5.84. The van der Waals surface area contributed by atoms with Crippen LogP contribution < -0.4 is 5.32 Å². The third-order valence-corrected chi connectivity index (χ3v) is 3.87. The van der Waals surface area contributed by atoms with Gasteiger partial charge in [0.2, 0.25) is 0 Å². The lowest BCUT2D eigenvalue weighted by Crippen LogP contribution is -2.45. The summed E-state index contributed by atoms with van der Waals surface area (Å²) in [5, 5.41) is 3.69. The minimum atomic E-state index is 0.703. The Labute approximate surface area is 108 Å². The lowest BCUT2D eigenvalue weighted by atomic mass is 9.97. The summed E-state index contributed by atoms with van der Waals surface area (Å²) in [4.78, 5) is 4.74. The summed E-state index contributed by atoms with van der Waals surface area (Å²) in [7, 11) is 6.54. The van der Waals surface area contributed by atoms with E-state index in [-0.39, 0.29) is 0 Å². The SMILES string of the molecule is CCNC(CN(C)CCN(C)C)C1CCCC1. The van der Waals surface area contributed by atoms with Gasteiger partial charge < -0.3 is 15.1 Å². The van der Waals surface area contributed by atoms with Crippen LogP contribution in [-0.4, -0.2) is 63.2 Å². The zero-order chi connectivity index (χ0) is 12.7. The van der Waals surface area contributed by atoms with Crippen LogP contribution in [0.5, 0.6) is 0 Å². The molecule has 1 fully saturated rings. The molecule has 0 aromatic rings. The fraction of sp³-hybridized carbons (Fsp3) is 1.00. The molecule has 1 N–H and O–H groups in total. The second-order valence-electron chi connectivity index (χ2n) is 5.77. The van der Waals surface area contributed by atoms with E-state index in [1.807, 2.05) is 0 Å². The molecule has 0 amide bonds. The largest absolute Gasteiger partial charge is 0.313 e. The molecule has 1 aliphatic carbocycles. The van der Waals surface area contributed by atoms with E-state index in [4.69, 9.17) is 0 Å².